The van der Waals surface area contributed by atoms with Crippen molar-refractivity contribution in [2.75, 3.05) is 5.75 Å². The topological polar surface area (TPSA) is 12.4 Å². The number of hydrogen-bond donors (Lipinski definition) is 0. The maximum Gasteiger partial charge on any atom is 0.0535 e. The fourth-order valence-electron chi connectivity index (χ4n) is 1.46. The van der Waals surface area contributed by atoms with E-state index in [9.17, 15) is 0 Å². The molecule has 0 N–H and O–H groups in total. The van der Waals surface area contributed by atoms with Crippen LogP contribution in [0.5, 0.6) is 0 Å². The van der Waals surface area contributed by atoms with Crippen molar-refractivity contribution in [3.8, 4) is 0 Å². The van der Waals surface area contributed by atoms with Crippen molar-refractivity contribution in [3.05, 3.63) is 35.5 Å². The molecule has 0 heterocycles. The number of rotatable bonds is 5. The van der Waals surface area contributed by atoms with Crippen LogP contribution in [0.25, 0.3) is 4.91 Å². The maximum atomic E-state index is 4.13. The maximum absolute atomic E-state index is 4.13. The molecule has 1 nitrogen and oxygen atoms in total. The van der Waals surface area contributed by atoms with Gasteiger partial charge in [-0.2, -0.15) is 0 Å². The minimum Gasteiger partial charge on any atom is -0.268 e. The summed E-state index contributed by atoms with van der Waals surface area (Å²) in [6.45, 7) is 7.93. The van der Waals surface area contributed by atoms with E-state index in [0.717, 1.165) is 17.9 Å². The lowest BCUT2D eigenvalue weighted by molar-refractivity contribution is 1.09. The molecule has 0 amide bonds. The molecule has 0 aromatic heterocycles. The Morgan fingerprint density at radius 1 is 1.31 bits per heavy atom. The van der Waals surface area contributed by atoms with Crippen LogP contribution in [0.2, 0.25) is 0 Å². The molecule has 0 aliphatic carbocycles. The summed E-state index contributed by atoms with van der Waals surface area (Å²) in [5.41, 5.74) is 2.32. The fourth-order valence-corrected chi connectivity index (χ4v) is 2.62. The van der Waals surface area contributed by atoms with Crippen LogP contribution in [0, 0.1) is 0 Å². The smallest absolute Gasteiger partial charge is 0.0535 e. The van der Waals surface area contributed by atoms with Crippen molar-refractivity contribution >= 4 is 37.9 Å². The average Bonchev–Trinajstić information content (AvgIpc) is 2.31. The van der Waals surface area contributed by atoms with Gasteiger partial charge in [-0.3, -0.25) is 4.99 Å². The summed E-state index contributed by atoms with van der Waals surface area (Å²) >= 11 is 1.83. The molecule has 0 aliphatic heterocycles. The first-order valence-electron chi connectivity index (χ1n) is 5.41. The van der Waals surface area contributed by atoms with Crippen molar-refractivity contribution in [2.45, 2.75) is 20.3 Å². The molecular weight excluding hydrogens is 233 g/mol. The second-order valence-corrected chi connectivity index (χ2v) is 5.28. The molecule has 0 saturated carbocycles. The molecule has 16 heavy (non-hydrogen) atoms. The van der Waals surface area contributed by atoms with Gasteiger partial charge in [-0.15, -0.1) is 21.0 Å². The van der Waals surface area contributed by atoms with Gasteiger partial charge in [0, 0.05) is 4.91 Å². The first-order chi connectivity index (χ1) is 7.72. The third-order valence-electron chi connectivity index (χ3n) is 2.25. The molecule has 3 heteroatoms. The summed E-state index contributed by atoms with van der Waals surface area (Å²) < 4.78 is 0. The lowest BCUT2D eigenvalue weighted by atomic mass is 10.1. The van der Waals surface area contributed by atoms with E-state index in [1.807, 2.05) is 11.8 Å². The molecule has 0 spiro atoms. The van der Waals surface area contributed by atoms with Crippen LogP contribution in [-0.4, -0.2) is 12.5 Å². The van der Waals surface area contributed by atoms with Gasteiger partial charge in [0.25, 0.3) is 0 Å². The molecule has 1 aromatic carbocycles. The van der Waals surface area contributed by atoms with Crippen LogP contribution in [0.4, 0.5) is 0 Å². The van der Waals surface area contributed by atoms with Crippen LogP contribution in [0.15, 0.2) is 35.0 Å². The molecule has 86 valence electrons. The highest BCUT2D eigenvalue weighted by atomic mass is 32.2. The summed E-state index contributed by atoms with van der Waals surface area (Å²) in [6, 6.07) is 8.49. The van der Waals surface area contributed by atoms with Gasteiger partial charge in [-0.25, -0.2) is 0 Å². The highest BCUT2D eigenvalue weighted by Gasteiger charge is 2.06. The van der Waals surface area contributed by atoms with Crippen molar-refractivity contribution in [2.24, 2.45) is 4.99 Å². The summed E-state index contributed by atoms with van der Waals surface area (Å²) in [5.74, 6) is 1.05. The molecule has 0 saturated heterocycles. The van der Waals surface area contributed by atoms with Crippen LogP contribution < -0.4 is 5.30 Å². The van der Waals surface area contributed by atoms with E-state index in [4.69, 9.17) is 0 Å². The number of benzene rings is 1. The number of aliphatic imine (C=N–C) groups is 1. The highest BCUT2D eigenvalue weighted by molar-refractivity contribution is 8.08. The number of nitrogens with zero attached hydrogens (tertiary/aromatic N) is 1. The van der Waals surface area contributed by atoms with E-state index in [1.54, 1.807) is 0 Å². The number of thioether (sulfide) groups is 1. The largest absolute Gasteiger partial charge is 0.268 e. The minimum absolute atomic E-state index is 0.925. The zero-order valence-electron chi connectivity index (χ0n) is 9.86. The predicted molar refractivity (Wildman–Crippen MR) is 80.7 cm³/mol. The van der Waals surface area contributed by atoms with Gasteiger partial charge in [0.05, 0.1) is 5.70 Å². The van der Waals surface area contributed by atoms with Crippen molar-refractivity contribution in [1.82, 2.24) is 0 Å². The van der Waals surface area contributed by atoms with Gasteiger partial charge in [-0.1, -0.05) is 38.1 Å². The SMILES string of the molecule is C=N/C(CC)=C(\SCC)c1ccc(P)cc1. The molecule has 1 rings (SSSR count). The van der Waals surface area contributed by atoms with Crippen LogP contribution in [0.1, 0.15) is 25.8 Å². The minimum atomic E-state index is 0.925. The second-order valence-electron chi connectivity index (χ2n) is 3.34. The number of hydrogen-bond acceptors (Lipinski definition) is 2. The Labute approximate surface area is 105 Å². The van der Waals surface area contributed by atoms with E-state index in [1.165, 1.54) is 15.8 Å². The summed E-state index contributed by atoms with van der Waals surface area (Å²) in [5, 5.41) is 1.20. The molecule has 1 atom stereocenters. The van der Waals surface area contributed by atoms with Crippen molar-refractivity contribution in [1.29, 1.82) is 0 Å². The van der Waals surface area contributed by atoms with E-state index in [0.29, 0.717) is 0 Å². The Morgan fingerprint density at radius 3 is 2.38 bits per heavy atom. The monoisotopic (exact) mass is 251 g/mol. The Balaban J connectivity index is 3.16. The Hall–Kier alpha value is -0.590. The van der Waals surface area contributed by atoms with Gasteiger partial charge < -0.3 is 0 Å². The quantitative estimate of drug-likeness (QED) is 0.574. The highest BCUT2D eigenvalue weighted by Crippen LogP contribution is 2.32. The summed E-state index contributed by atoms with van der Waals surface area (Å²) in [6.07, 6.45) is 0.925. The zero-order chi connectivity index (χ0) is 12.0. The van der Waals surface area contributed by atoms with E-state index < -0.39 is 0 Å². The van der Waals surface area contributed by atoms with Gasteiger partial charge in [-0.05, 0) is 29.8 Å². The summed E-state index contributed by atoms with van der Waals surface area (Å²) in [7, 11) is 2.70. The van der Waals surface area contributed by atoms with Gasteiger partial charge in [0.2, 0.25) is 0 Å². The van der Waals surface area contributed by atoms with E-state index >= 15 is 0 Å². The third kappa shape index (κ3) is 3.47. The zero-order valence-corrected chi connectivity index (χ0v) is 11.8. The van der Waals surface area contributed by atoms with Crippen molar-refractivity contribution < 1.29 is 0 Å². The third-order valence-corrected chi connectivity index (χ3v) is 3.68. The first kappa shape index (κ1) is 13.5. The summed E-state index contributed by atoms with van der Waals surface area (Å²) in [4.78, 5) is 5.38. The molecular formula is C13H18NPS. The van der Waals surface area contributed by atoms with Gasteiger partial charge in [0.15, 0.2) is 0 Å². The van der Waals surface area contributed by atoms with Gasteiger partial charge in [0.1, 0.15) is 0 Å². The molecule has 0 bridgehead atoms. The Kier molecular flexibility index (Phi) is 5.79. The second kappa shape index (κ2) is 6.88. The Bertz CT molecular complexity index is 381. The van der Waals surface area contributed by atoms with E-state index in [2.05, 4.69) is 59.1 Å². The molecule has 0 radical (unpaired) electrons. The standard InChI is InChI=1S/C13H18NPS/c1-4-12(14-3)13(16-5-2)10-6-8-11(15)9-7-10/h6-9H,3-5,15H2,1-2H3/b13-12-. The van der Waals surface area contributed by atoms with E-state index in [-0.39, 0.29) is 0 Å². The average molecular weight is 251 g/mol. The normalized spacial score (nSPS) is 12.2. The van der Waals surface area contributed by atoms with Gasteiger partial charge >= 0.3 is 0 Å². The lowest BCUT2D eigenvalue weighted by Gasteiger charge is -2.10. The molecule has 0 fully saturated rings. The molecule has 1 unspecified atom stereocenters. The molecule has 0 aliphatic rings. The van der Waals surface area contributed by atoms with Crippen LogP contribution in [0.3, 0.4) is 0 Å². The van der Waals surface area contributed by atoms with Crippen LogP contribution in [-0.2, 0) is 0 Å². The fraction of sp³-hybridized carbons (Fsp3) is 0.308. The lowest BCUT2D eigenvalue weighted by Crippen LogP contribution is -1.92. The molecule has 1 aromatic rings. The predicted octanol–water partition coefficient (Wildman–Crippen LogP) is 3.72. The van der Waals surface area contributed by atoms with Crippen LogP contribution >= 0.6 is 21.0 Å². The number of allylic oxidation sites excluding steroid dienone is 1. The Morgan fingerprint density at radius 2 is 1.94 bits per heavy atom. The first-order valence-corrected chi connectivity index (χ1v) is 6.97. The van der Waals surface area contributed by atoms with Crippen molar-refractivity contribution in [3.63, 3.8) is 0 Å².